The number of fused-ring (bicyclic) bond motifs is 2. The van der Waals surface area contributed by atoms with Gasteiger partial charge in [-0.1, -0.05) is 62.0 Å². The van der Waals surface area contributed by atoms with Crippen LogP contribution in [-0.2, 0) is 38.2 Å². The molecule has 6 aromatic carbocycles. The number of unbranched alkanes of at least 4 members (excludes halogenated alkanes) is 6. The Labute approximate surface area is 490 Å². The number of carbonyl (C=O) groups excluding carboxylic acids is 6. The lowest BCUT2D eigenvalue weighted by atomic mass is 9.82. The van der Waals surface area contributed by atoms with E-state index in [0.717, 1.165) is 84.6 Å². The van der Waals surface area contributed by atoms with Crippen LogP contribution in [0.1, 0.15) is 127 Å². The molecule has 0 aliphatic heterocycles. The standard InChI is InChI=1S/C68H74N2O14/c1-3-63(71)79-41-15-7-5-13-39-77-54-29-33-56(34-30-54)81-65(73)47-21-23-49(24-22-47)67(75)83-58-37-38-62(53(44-58)45-69-70-46-61-59-19-11-9-17-51(59)43-52-18-10-12-20-60(52)61)84-68(76)50-27-25-48(26-28-50)66(74)82-57-35-31-55(32-36-57)78-40-14-6-8-16-42-80-64(72)4-2/h4,9-12,17-20,29-38,43-50H,2-3,5-8,13-16,21-28,39-42H2,1H3/b69-45+,70-46+. The molecule has 0 aromatic heterocycles. The molecule has 0 N–H and O–H groups in total. The predicted molar refractivity (Wildman–Crippen MR) is 320 cm³/mol. The van der Waals surface area contributed by atoms with Crippen LogP contribution in [0.25, 0.3) is 21.5 Å². The average molecular weight is 1140 g/mol. The monoisotopic (exact) mass is 1140 g/mol. The SMILES string of the molecule is C=CC(=O)OCCCCCCOc1ccc(OC(=O)C2CCC(C(=O)Oc3ccc(OC(=O)C4CCC(C(=O)Oc5ccc(OCCCCCCOC(=O)CC)cc5)CC4)cc3/C=N/N=C/c3c4ccccc4cc4ccccc34)CC2)cc1. The Balaban J connectivity index is 0.828. The van der Waals surface area contributed by atoms with Gasteiger partial charge >= 0.3 is 35.8 Å². The summed E-state index contributed by atoms with van der Waals surface area (Å²) in [5.74, 6) is -1.33. The van der Waals surface area contributed by atoms with Gasteiger partial charge in [0.1, 0.15) is 34.5 Å². The fourth-order valence-electron chi connectivity index (χ4n) is 10.3. The topological polar surface area (TPSA) is 201 Å². The van der Waals surface area contributed by atoms with Gasteiger partial charge in [0, 0.05) is 23.6 Å². The molecule has 0 spiro atoms. The molecular formula is C68H74N2O14. The smallest absolute Gasteiger partial charge is 0.330 e. The van der Waals surface area contributed by atoms with E-state index >= 15 is 0 Å². The van der Waals surface area contributed by atoms with Crippen LogP contribution < -0.4 is 28.4 Å². The number of hydrogen-bond acceptors (Lipinski definition) is 16. The first-order valence-corrected chi connectivity index (χ1v) is 29.4. The highest BCUT2D eigenvalue weighted by Crippen LogP contribution is 2.35. The molecule has 84 heavy (non-hydrogen) atoms. The van der Waals surface area contributed by atoms with E-state index < -0.39 is 35.7 Å². The van der Waals surface area contributed by atoms with Gasteiger partial charge in [0.05, 0.1) is 62.5 Å². The molecule has 0 saturated heterocycles. The molecule has 0 atom stereocenters. The van der Waals surface area contributed by atoms with Crippen molar-refractivity contribution < 1.29 is 66.7 Å². The van der Waals surface area contributed by atoms with Gasteiger partial charge in [-0.05, 0) is 197 Å². The second-order valence-electron chi connectivity index (χ2n) is 21.1. The van der Waals surface area contributed by atoms with Crippen LogP contribution in [-0.4, -0.2) is 74.7 Å². The molecule has 0 amide bonds. The van der Waals surface area contributed by atoms with E-state index in [0.29, 0.717) is 113 Å². The third kappa shape index (κ3) is 18.7. The number of esters is 6. The van der Waals surface area contributed by atoms with E-state index in [2.05, 4.69) is 35.0 Å². The molecule has 2 aliphatic rings. The van der Waals surface area contributed by atoms with Gasteiger partial charge in [0.15, 0.2) is 0 Å². The van der Waals surface area contributed by atoms with Gasteiger partial charge in [-0.2, -0.15) is 10.2 Å². The molecule has 0 radical (unpaired) electrons. The molecule has 0 unspecified atom stereocenters. The van der Waals surface area contributed by atoms with Crippen molar-refractivity contribution in [3.63, 3.8) is 0 Å². The van der Waals surface area contributed by atoms with Crippen LogP contribution in [0.4, 0.5) is 0 Å². The molecule has 16 heteroatoms. The lowest BCUT2D eigenvalue weighted by molar-refractivity contribution is -0.145. The first kappa shape index (κ1) is 61.4. The highest BCUT2D eigenvalue weighted by molar-refractivity contribution is 6.13. The molecular weight excluding hydrogens is 1070 g/mol. The third-order valence-corrected chi connectivity index (χ3v) is 15.1. The van der Waals surface area contributed by atoms with Crippen molar-refractivity contribution in [2.45, 2.75) is 116 Å². The molecule has 16 nitrogen and oxygen atoms in total. The summed E-state index contributed by atoms with van der Waals surface area (Å²) in [5.41, 5.74) is 1.25. The number of ether oxygens (including phenoxy) is 8. The van der Waals surface area contributed by atoms with Crippen LogP contribution in [0.3, 0.4) is 0 Å². The summed E-state index contributed by atoms with van der Waals surface area (Å²) in [7, 11) is 0. The number of carbonyl (C=O) groups is 6. The zero-order valence-corrected chi connectivity index (χ0v) is 47.8. The van der Waals surface area contributed by atoms with Crippen LogP contribution in [0.2, 0.25) is 0 Å². The molecule has 8 rings (SSSR count). The summed E-state index contributed by atoms with van der Waals surface area (Å²) in [6, 6.07) is 36.9. The maximum absolute atomic E-state index is 13.8. The van der Waals surface area contributed by atoms with E-state index in [1.165, 1.54) is 6.21 Å². The minimum Gasteiger partial charge on any atom is -0.494 e. The van der Waals surface area contributed by atoms with Crippen LogP contribution in [0.15, 0.2) is 144 Å². The van der Waals surface area contributed by atoms with E-state index in [-0.39, 0.29) is 35.3 Å². The first-order valence-electron chi connectivity index (χ1n) is 29.4. The predicted octanol–water partition coefficient (Wildman–Crippen LogP) is 13.6. The van der Waals surface area contributed by atoms with Crippen molar-refractivity contribution in [1.82, 2.24) is 0 Å². The first-order chi connectivity index (χ1) is 41.0. The van der Waals surface area contributed by atoms with Gasteiger partial charge in [-0.15, -0.1) is 0 Å². The Kier molecular flexibility index (Phi) is 23.6. The van der Waals surface area contributed by atoms with Crippen molar-refractivity contribution in [2.24, 2.45) is 33.9 Å². The summed E-state index contributed by atoms with van der Waals surface area (Å²) in [6.45, 7) is 7.05. The Bertz CT molecular complexity index is 3190. The average Bonchev–Trinajstić information content (AvgIpc) is 3.44. The second kappa shape index (κ2) is 32.3. The van der Waals surface area contributed by atoms with Crippen LogP contribution in [0, 0.1) is 23.7 Å². The third-order valence-electron chi connectivity index (χ3n) is 15.1. The molecule has 2 aliphatic carbocycles. The van der Waals surface area contributed by atoms with Gasteiger partial charge in [-0.3, -0.25) is 24.0 Å². The van der Waals surface area contributed by atoms with Gasteiger partial charge in [-0.25, -0.2) is 4.79 Å². The zero-order chi connectivity index (χ0) is 58.9. The van der Waals surface area contributed by atoms with Gasteiger partial charge < -0.3 is 37.9 Å². The number of hydrogen-bond donors (Lipinski definition) is 0. The van der Waals surface area contributed by atoms with Gasteiger partial charge in [0.2, 0.25) is 0 Å². The fraction of sp³-hybridized carbons (Fsp3) is 0.382. The van der Waals surface area contributed by atoms with Crippen molar-refractivity contribution in [2.75, 3.05) is 26.4 Å². The normalized spacial score (nSPS) is 16.9. The van der Waals surface area contributed by atoms with Crippen molar-refractivity contribution >= 4 is 69.8 Å². The van der Waals surface area contributed by atoms with Crippen molar-refractivity contribution in [3.05, 3.63) is 145 Å². The Hall–Kier alpha value is -8.66. The molecule has 6 aromatic rings. The Morgan fingerprint density at radius 1 is 0.452 bits per heavy atom. The molecule has 440 valence electrons. The highest BCUT2D eigenvalue weighted by atomic mass is 16.6. The number of nitrogens with zero attached hydrogens (tertiary/aromatic N) is 2. The maximum Gasteiger partial charge on any atom is 0.330 e. The summed E-state index contributed by atoms with van der Waals surface area (Å²) in [6.07, 6.45) is 15.2. The molecule has 0 heterocycles. The molecule has 0 bridgehead atoms. The fourth-order valence-corrected chi connectivity index (χ4v) is 10.3. The summed E-state index contributed by atoms with van der Waals surface area (Å²) >= 11 is 0. The van der Waals surface area contributed by atoms with Crippen molar-refractivity contribution in [3.8, 4) is 34.5 Å². The molecule has 2 fully saturated rings. The minimum absolute atomic E-state index is 0.179. The van der Waals surface area contributed by atoms with E-state index in [9.17, 15) is 28.8 Å². The highest BCUT2D eigenvalue weighted by Gasteiger charge is 2.34. The minimum atomic E-state index is -0.475. The summed E-state index contributed by atoms with van der Waals surface area (Å²) in [4.78, 5) is 76.5. The number of benzene rings is 6. The second-order valence-corrected chi connectivity index (χ2v) is 21.1. The van der Waals surface area contributed by atoms with E-state index in [1.54, 1.807) is 79.9 Å². The van der Waals surface area contributed by atoms with Crippen LogP contribution >= 0.6 is 0 Å². The quantitative estimate of drug-likeness (QED) is 0.00816. The molecule has 2 saturated carbocycles. The van der Waals surface area contributed by atoms with Crippen molar-refractivity contribution in [1.29, 1.82) is 0 Å². The summed E-state index contributed by atoms with van der Waals surface area (Å²) in [5, 5.41) is 13.0. The number of rotatable bonds is 29. The van der Waals surface area contributed by atoms with Crippen LogP contribution in [0.5, 0.6) is 34.5 Å². The van der Waals surface area contributed by atoms with E-state index in [4.69, 9.17) is 37.9 Å². The summed E-state index contributed by atoms with van der Waals surface area (Å²) < 4.78 is 45.3. The Morgan fingerprint density at radius 2 is 0.857 bits per heavy atom. The lowest BCUT2D eigenvalue weighted by Crippen LogP contribution is -2.30. The largest absolute Gasteiger partial charge is 0.494 e. The zero-order valence-electron chi connectivity index (χ0n) is 47.8. The lowest BCUT2D eigenvalue weighted by Gasteiger charge is -2.26. The Morgan fingerprint density at radius 3 is 1.33 bits per heavy atom. The van der Waals surface area contributed by atoms with Gasteiger partial charge in [0.25, 0.3) is 0 Å². The van der Waals surface area contributed by atoms with E-state index in [1.807, 2.05) is 36.4 Å². The maximum atomic E-state index is 13.8.